The van der Waals surface area contributed by atoms with E-state index in [2.05, 4.69) is 72.2 Å². The molecule has 3 heteroatoms. The lowest BCUT2D eigenvalue weighted by Crippen LogP contribution is -2.46. The molecule has 2 aromatic rings. The van der Waals surface area contributed by atoms with E-state index in [1.54, 1.807) is 0 Å². The molecule has 0 aliphatic carbocycles. The number of rotatable bonds is 4. The van der Waals surface area contributed by atoms with Gasteiger partial charge in [-0.1, -0.05) is 35.9 Å². The summed E-state index contributed by atoms with van der Waals surface area (Å²) in [6, 6.07) is 17.5. The molecule has 1 aliphatic heterocycles. The monoisotopic (exact) mass is 312 g/mol. The lowest BCUT2D eigenvalue weighted by atomic mass is 10.1. The Kier molecular flexibility index (Phi) is 5.06. The summed E-state index contributed by atoms with van der Waals surface area (Å²) in [5.41, 5.74) is 4.11. The number of hydrogen-bond acceptors (Lipinski definition) is 3. The highest BCUT2D eigenvalue weighted by atomic mass is 32.2. The van der Waals surface area contributed by atoms with Gasteiger partial charge >= 0.3 is 0 Å². The summed E-state index contributed by atoms with van der Waals surface area (Å²) < 4.78 is 0. The van der Waals surface area contributed by atoms with Crippen molar-refractivity contribution >= 4 is 17.4 Å². The van der Waals surface area contributed by atoms with Crippen LogP contribution in [0.4, 0.5) is 5.69 Å². The maximum Gasteiger partial charge on any atom is 0.0493 e. The Labute approximate surface area is 138 Å². The lowest BCUT2D eigenvalue weighted by molar-refractivity contribution is 0.300. The van der Waals surface area contributed by atoms with Crippen molar-refractivity contribution in [1.29, 1.82) is 0 Å². The van der Waals surface area contributed by atoms with Crippen molar-refractivity contribution in [2.75, 3.05) is 37.0 Å². The molecular weight excluding hydrogens is 288 g/mol. The van der Waals surface area contributed by atoms with Crippen molar-refractivity contribution in [2.45, 2.75) is 18.7 Å². The van der Waals surface area contributed by atoms with E-state index in [0.29, 0.717) is 0 Å². The normalized spacial score (nSPS) is 16.0. The summed E-state index contributed by atoms with van der Waals surface area (Å²) in [5, 5.41) is 0. The molecule has 0 N–H and O–H groups in total. The Morgan fingerprint density at radius 2 is 1.55 bits per heavy atom. The first-order valence-corrected chi connectivity index (χ1v) is 8.93. The quantitative estimate of drug-likeness (QED) is 0.782. The van der Waals surface area contributed by atoms with Gasteiger partial charge in [0, 0.05) is 42.6 Å². The summed E-state index contributed by atoms with van der Waals surface area (Å²) >= 11 is 1.94. The highest BCUT2D eigenvalue weighted by molar-refractivity contribution is 7.99. The molecule has 0 unspecified atom stereocenters. The van der Waals surface area contributed by atoms with Gasteiger partial charge in [0.25, 0.3) is 0 Å². The number of anilines is 1. The maximum absolute atomic E-state index is 2.55. The Bertz CT molecular complexity index is 601. The smallest absolute Gasteiger partial charge is 0.0493 e. The second-order valence-corrected chi connectivity index (χ2v) is 7.00. The average molecular weight is 312 g/mol. The third kappa shape index (κ3) is 3.84. The van der Waals surface area contributed by atoms with Crippen molar-refractivity contribution in [3.8, 4) is 0 Å². The lowest BCUT2D eigenvalue weighted by Gasteiger charge is -2.36. The van der Waals surface area contributed by atoms with E-state index >= 15 is 0 Å². The van der Waals surface area contributed by atoms with Crippen LogP contribution in [0.3, 0.4) is 0 Å². The standard InChI is InChI=1S/C19H24N2S/c1-16-7-9-18(10-8-16)22-15-20-11-13-21(14-12-20)19-6-4-3-5-17(19)2/h3-10H,11-15H2,1-2H3. The topological polar surface area (TPSA) is 6.48 Å². The van der Waals surface area contributed by atoms with Crippen LogP contribution in [0.15, 0.2) is 53.4 Å². The number of hydrogen-bond donors (Lipinski definition) is 0. The van der Waals surface area contributed by atoms with Crippen LogP contribution in [-0.4, -0.2) is 37.0 Å². The van der Waals surface area contributed by atoms with Crippen LogP contribution in [0.1, 0.15) is 11.1 Å². The Hall–Kier alpha value is -1.45. The number of piperazine rings is 1. The molecule has 1 fully saturated rings. The molecular formula is C19H24N2S. The Balaban J connectivity index is 1.50. The van der Waals surface area contributed by atoms with Crippen molar-refractivity contribution in [3.05, 3.63) is 59.7 Å². The van der Waals surface area contributed by atoms with Gasteiger partial charge in [0.05, 0.1) is 0 Å². The maximum atomic E-state index is 2.55. The van der Waals surface area contributed by atoms with Crippen LogP contribution in [0.2, 0.25) is 0 Å². The zero-order valence-electron chi connectivity index (χ0n) is 13.5. The van der Waals surface area contributed by atoms with Crippen LogP contribution >= 0.6 is 11.8 Å². The molecule has 1 heterocycles. The van der Waals surface area contributed by atoms with Crippen molar-refractivity contribution in [2.24, 2.45) is 0 Å². The Morgan fingerprint density at radius 1 is 0.864 bits per heavy atom. The summed E-state index contributed by atoms with van der Waals surface area (Å²) in [6.45, 7) is 8.88. The van der Waals surface area contributed by atoms with Crippen LogP contribution in [0.5, 0.6) is 0 Å². The van der Waals surface area contributed by atoms with Gasteiger partial charge in [-0.05, 0) is 37.6 Å². The molecule has 3 rings (SSSR count). The molecule has 0 amide bonds. The van der Waals surface area contributed by atoms with Crippen LogP contribution < -0.4 is 4.90 Å². The number of aryl methyl sites for hydroxylation is 2. The minimum Gasteiger partial charge on any atom is -0.369 e. The predicted molar refractivity (Wildman–Crippen MR) is 96.9 cm³/mol. The fraction of sp³-hybridized carbons (Fsp3) is 0.368. The highest BCUT2D eigenvalue weighted by Crippen LogP contribution is 2.23. The molecule has 22 heavy (non-hydrogen) atoms. The third-order valence-electron chi connectivity index (χ3n) is 4.26. The molecule has 1 saturated heterocycles. The van der Waals surface area contributed by atoms with E-state index in [4.69, 9.17) is 0 Å². The second kappa shape index (κ2) is 7.21. The largest absolute Gasteiger partial charge is 0.369 e. The van der Waals surface area contributed by atoms with E-state index in [-0.39, 0.29) is 0 Å². The molecule has 116 valence electrons. The fourth-order valence-corrected chi connectivity index (χ4v) is 3.75. The van der Waals surface area contributed by atoms with Gasteiger partial charge in [0.2, 0.25) is 0 Å². The summed E-state index contributed by atoms with van der Waals surface area (Å²) in [7, 11) is 0. The van der Waals surface area contributed by atoms with Crippen molar-refractivity contribution in [1.82, 2.24) is 4.90 Å². The van der Waals surface area contributed by atoms with Gasteiger partial charge in [0.1, 0.15) is 0 Å². The molecule has 2 aromatic carbocycles. The summed E-state index contributed by atoms with van der Waals surface area (Å²) in [6.07, 6.45) is 0. The molecule has 0 bridgehead atoms. The zero-order valence-corrected chi connectivity index (χ0v) is 14.3. The zero-order chi connectivity index (χ0) is 15.4. The minimum atomic E-state index is 1.09. The highest BCUT2D eigenvalue weighted by Gasteiger charge is 2.17. The number of thioether (sulfide) groups is 1. The second-order valence-electron chi connectivity index (χ2n) is 5.98. The van der Waals surface area contributed by atoms with E-state index in [0.717, 1.165) is 32.1 Å². The van der Waals surface area contributed by atoms with Gasteiger partial charge in [-0.2, -0.15) is 0 Å². The van der Waals surface area contributed by atoms with E-state index in [9.17, 15) is 0 Å². The molecule has 1 aliphatic rings. The number of para-hydroxylation sites is 1. The molecule has 0 aromatic heterocycles. The van der Waals surface area contributed by atoms with Gasteiger partial charge < -0.3 is 4.90 Å². The first-order valence-electron chi connectivity index (χ1n) is 7.95. The average Bonchev–Trinajstić information content (AvgIpc) is 2.55. The SMILES string of the molecule is Cc1ccc(SCN2CCN(c3ccccc3C)CC2)cc1. The number of benzene rings is 2. The minimum absolute atomic E-state index is 1.09. The van der Waals surface area contributed by atoms with Crippen molar-refractivity contribution < 1.29 is 0 Å². The van der Waals surface area contributed by atoms with E-state index in [1.165, 1.54) is 21.7 Å². The van der Waals surface area contributed by atoms with Gasteiger partial charge in [-0.25, -0.2) is 0 Å². The van der Waals surface area contributed by atoms with Gasteiger partial charge in [-0.15, -0.1) is 11.8 Å². The third-order valence-corrected chi connectivity index (χ3v) is 5.36. The van der Waals surface area contributed by atoms with Crippen LogP contribution in [0, 0.1) is 13.8 Å². The molecule has 0 saturated carbocycles. The van der Waals surface area contributed by atoms with E-state index < -0.39 is 0 Å². The molecule has 0 atom stereocenters. The molecule has 2 nitrogen and oxygen atoms in total. The Morgan fingerprint density at radius 3 is 2.23 bits per heavy atom. The number of nitrogens with zero attached hydrogens (tertiary/aromatic N) is 2. The van der Waals surface area contributed by atoms with Crippen LogP contribution in [-0.2, 0) is 0 Å². The van der Waals surface area contributed by atoms with E-state index in [1.807, 2.05) is 11.8 Å². The van der Waals surface area contributed by atoms with Crippen molar-refractivity contribution in [3.63, 3.8) is 0 Å². The molecule has 0 spiro atoms. The first-order chi connectivity index (χ1) is 10.7. The van der Waals surface area contributed by atoms with Gasteiger partial charge in [0.15, 0.2) is 0 Å². The van der Waals surface area contributed by atoms with Gasteiger partial charge in [-0.3, -0.25) is 4.90 Å². The fourth-order valence-electron chi connectivity index (χ4n) is 2.84. The summed E-state index contributed by atoms with van der Waals surface area (Å²) in [5.74, 6) is 1.09. The predicted octanol–water partition coefficient (Wildman–Crippen LogP) is 4.18. The summed E-state index contributed by atoms with van der Waals surface area (Å²) in [4.78, 5) is 6.44. The molecule has 0 radical (unpaired) electrons. The van der Waals surface area contributed by atoms with Crippen LogP contribution in [0.25, 0.3) is 0 Å². The first kappa shape index (κ1) is 15.4.